The quantitative estimate of drug-likeness (QED) is 0.502. The van der Waals surface area contributed by atoms with E-state index in [0.29, 0.717) is 12.2 Å². The van der Waals surface area contributed by atoms with Crippen LogP contribution in [0.2, 0.25) is 0 Å². The van der Waals surface area contributed by atoms with Crippen molar-refractivity contribution in [3.05, 3.63) is 71.3 Å². The first-order valence-corrected chi connectivity index (χ1v) is 11.5. The first kappa shape index (κ1) is 23.3. The number of hydrogen-bond acceptors (Lipinski definition) is 5. The van der Waals surface area contributed by atoms with Gasteiger partial charge in [0.2, 0.25) is 0 Å². The van der Waals surface area contributed by atoms with Crippen LogP contribution in [0.25, 0.3) is 0 Å². The van der Waals surface area contributed by atoms with Crippen molar-refractivity contribution >= 4 is 27.4 Å². The molecule has 0 spiro atoms. The van der Waals surface area contributed by atoms with Gasteiger partial charge in [0.15, 0.2) is 0 Å². The minimum Gasteiger partial charge on any atom is -0.478 e. The summed E-state index contributed by atoms with van der Waals surface area (Å²) >= 11 is 0. The summed E-state index contributed by atoms with van der Waals surface area (Å²) in [4.78, 5) is 13.6. The molecule has 0 unspecified atom stereocenters. The van der Waals surface area contributed by atoms with E-state index in [1.165, 1.54) is 12.1 Å². The highest BCUT2D eigenvalue weighted by Gasteiger charge is 2.19. The van der Waals surface area contributed by atoms with Crippen molar-refractivity contribution < 1.29 is 22.7 Å². The summed E-state index contributed by atoms with van der Waals surface area (Å²) in [6.07, 6.45) is 0.918. The normalized spacial score (nSPS) is 11.4. The third kappa shape index (κ3) is 5.25. The lowest BCUT2D eigenvalue weighted by molar-refractivity contribution is 0.0697. The molecule has 0 radical (unpaired) electrons. The molecule has 170 valence electrons. The summed E-state index contributed by atoms with van der Waals surface area (Å²) in [7, 11) is -2.23. The van der Waals surface area contributed by atoms with E-state index in [0.717, 1.165) is 48.6 Å². The van der Waals surface area contributed by atoms with Gasteiger partial charge in [-0.1, -0.05) is 6.92 Å². The lowest BCUT2D eigenvalue weighted by atomic mass is 10.1. The van der Waals surface area contributed by atoms with Crippen LogP contribution in [0.1, 0.15) is 35.1 Å². The molecule has 1 aromatic heterocycles. The van der Waals surface area contributed by atoms with Crippen LogP contribution in [0.4, 0.5) is 15.8 Å². The third-order valence-electron chi connectivity index (χ3n) is 4.83. The average molecular weight is 461 g/mol. The SMILES string of the molecule is CCCn1nc(C)cc1CN(C)c1ccc(NS(=O)(=O)c2ccc(F)cc2)cc1C(=O)O. The highest BCUT2D eigenvalue weighted by molar-refractivity contribution is 7.92. The zero-order chi connectivity index (χ0) is 23.5. The third-order valence-corrected chi connectivity index (χ3v) is 6.23. The number of halogens is 1. The number of nitrogens with zero attached hydrogens (tertiary/aromatic N) is 3. The Kier molecular flexibility index (Phi) is 6.83. The fourth-order valence-electron chi connectivity index (χ4n) is 3.39. The largest absolute Gasteiger partial charge is 0.478 e. The summed E-state index contributed by atoms with van der Waals surface area (Å²) in [5.41, 5.74) is 2.31. The van der Waals surface area contributed by atoms with Crippen LogP contribution in [0.5, 0.6) is 0 Å². The smallest absolute Gasteiger partial charge is 0.337 e. The van der Waals surface area contributed by atoms with Crippen LogP contribution in [0, 0.1) is 12.7 Å². The number of rotatable bonds is 9. The van der Waals surface area contributed by atoms with Gasteiger partial charge in [0.05, 0.1) is 34.1 Å². The van der Waals surface area contributed by atoms with Gasteiger partial charge in [-0.2, -0.15) is 5.10 Å². The summed E-state index contributed by atoms with van der Waals surface area (Å²) in [5, 5.41) is 14.2. The molecule has 0 fully saturated rings. The van der Waals surface area contributed by atoms with Crippen molar-refractivity contribution in [2.24, 2.45) is 0 Å². The highest BCUT2D eigenvalue weighted by Crippen LogP contribution is 2.27. The number of anilines is 2. The van der Waals surface area contributed by atoms with Crippen molar-refractivity contribution in [2.45, 2.75) is 38.3 Å². The molecular formula is C22H25FN4O4S. The van der Waals surface area contributed by atoms with Crippen molar-refractivity contribution in [3.63, 3.8) is 0 Å². The number of aromatic carboxylic acids is 1. The monoisotopic (exact) mass is 460 g/mol. The molecule has 2 N–H and O–H groups in total. The molecule has 0 amide bonds. The Labute approximate surface area is 186 Å². The number of sulfonamides is 1. The molecule has 8 nitrogen and oxygen atoms in total. The van der Waals surface area contributed by atoms with Gasteiger partial charge in [-0.05, 0) is 61.9 Å². The van der Waals surface area contributed by atoms with Crippen molar-refractivity contribution in [1.29, 1.82) is 0 Å². The molecule has 0 atom stereocenters. The molecule has 0 aliphatic heterocycles. The predicted octanol–water partition coefficient (Wildman–Crippen LogP) is 3.88. The molecule has 0 aliphatic carbocycles. The molecule has 32 heavy (non-hydrogen) atoms. The summed E-state index contributed by atoms with van der Waals surface area (Å²) < 4.78 is 42.5. The number of nitrogens with one attached hydrogen (secondary N) is 1. The van der Waals surface area contributed by atoms with Crippen molar-refractivity contribution in [1.82, 2.24) is 9.78 Å². The van der Waals surface area contributed by atoms with Gasteiger partial charge in [-0.25, -0.2) is 17.6 Å². The Morgan fingerprint density at radius 3 is 2.50 bits per heavy atom. The van der Waals surface area contributed by atoms with E-state index in [1.54, 1.807) is 18.0 Å². The first-order chi connectivity index (χ1) is 15.1. The predicted molar refractivity (Wildman–Crippen MR) is 120 cm³/mol. The van der Waals surface area contributed by atoms with E-state index in [-0.39, 0.29) is 16.1 Å². The molecule has 0 saturated carbocycles. The van der Waals surface area contributed by atoms with Crippen LogP contribution in [0.3, 0.4) is 0 Å². The van der Waals surface area contributed by atoms with Gasteiger partial charge in [-0.3, -0.25) is 9.40 Å². The Balaban J connectivity index is 1.87. The molecule has 0 aliphatic rings. The van der Waals surface area contributed by atoms with E-state index < -0.39 is 21.8 Å². The molecule has 3 rings (SSSR count). The number of benzene rings is 2. The van der Waals surface area contributed by atoms with Crippen molar-refractivity contribution in [2.75, 3.05) is 16.7 Å². The molecule has 10 heteroatoms. The number of carboxylic acid groups (broad SMARTS) is 1. The Bertz CT molecular complexity index is 1220. The van der Waals surface area contributed by atoms with E-state index in [1.807, 2.05) is 17.7 Å². The van der Waals surface area contributed by atoms with E-state index >= 15 is 0 Å². The van der Waals surface area contributed by atoms with Gasteiger partial charge in [0.1, 0.15) is 5.82 Å². The average Bonchev–Trinajstić information content (AvgIpc) is 3.06. The lowest BCUT2D eigenvalue weighted by Gasteiger charge is -2.22. The number of carbonyl (C=O) groups is 1. The lowest BCUT2D eigenvalue weighted by Crippen LogP contribution is -2.22. The van der Waals surface area contributed by atoms with Crippen LogP contribution < -0.4 is 9.62 Å². The van der Waals surface area contributed by atoms with Crippen LogP contribution in [-0.4, -0.2) is 36.3 Å². The molecule has 1 heterocycles. The summed E-state index contributed by atoms with van der Waals surface area (Å²) in [5.74, 6) is -1.74. The molecular weight excluding hydrogens is 435 g/mol. The number of carboxylic acids is 1. The van der Waals surface area contributed by atoms with E-state index in [4.69, 9.17) is 0 Å². The standard InChI is InChI=1S/C22H25FN4O4S/c1-4-11-27-18(12-15(2)24-27)14-26(3)21-10-7-17(13-20(21)22(28)29)25-32(30,31)19-8-5-16(23)6-9-19/h5-10,12-13,25H,4,11,14H2,1-3H3,(H,28,29). The minimum atomic E-state index is -4.00. The minimum absolute atomic E-state index is 0.0508. The van der Waals surface area contributed by atoms with Crippen molar-refractivity contribution in [3.8, 4) is 0 Å². The second kappa shape index (κ2) is 9.39. The Morgan fingerprint density at radius 1 is 1.19 bits per heavy atom. The number of hydrogen-bond donors (Lipinski definition) is 2. The van der Waals surface area contributed by atoms with Gasteiger partial charge >= 0.3 is 5.97 Å². The maximum absolute atomic E-state index is 13.1. The second-order valence-electron chi connectivity index (χ2n) is 7.45. The Hall–Kier alpha value is -3.40. The van der Waals surface area contributed by atoms with E-state index in [9.17, 15) is 22.7 Å². The second-order valence-corrected chi connectivity index (χ2v) is 9.14. The maximum Gasteiger partial charge on any atom is 0.337 e. The molecule has 2 aromatic carbocycles. The van der Waals surface area contributed by atoms with Gasteiger partial charge in [0, 0.05) is 19.3 Å². The first-order valence-electron chi connectivity index (χ1n) is 10.0. The topological polar surface area (TPSA) is 105 Å². The van der Waals surface area contributed by atoms with Gasteiger partial charge in [0.25, 0.3) is 10.0 Å². The van der Waals surface area contributed by atoms with Gasteiger partial charge < -0.3 is 10.0 Å². The number of aromatic nitrogens is 2. The van der Waals surface area contributed by atoms with Crippen LogP contribution >= 0.6 is 0 Å². The van der Waals surface area contributed by atoms with Gasteiger partial charge in [-0.15, -0.1) is 0 Å². The Morgan fingerprint density at radius 2 is 1.88 bits per heavy atom. The summed E-state index contributed by atoms with van der Waals surface area (Å²) in [6.45, 7) is 5.15. The summed E-state index contributed by atoms with van der Waals surface area (Å²) in [6, 6.07) is 10.6. The molecule has 0 bridgehead atoms. The zero-order valence-corrected chi connectivity index (χ0v) is 18.9. The highest BCUT2D eigenvalue weighted by atomic mass is 32.2. The molecule has 3 aromatic rings. The zero-order valence-electron chi connectivity index (χ0n) is 18.0. The maximum atomic E-state index is 13.1. The van der Waals surface area contributed by atoms with Crippen LogP contribution in [-0.2, 0) is 23.1 Å². The fraction of sp³-hybridized carbons (Fsp3) is 0.273. The fourth-order valence-corrected chi connectivity index (χ4v) is 4.44. The van der Waals surface area contributed by atoms with Crippen LogP contribution in [0.15, 0.2) is 53.4 Å². The van der Waals surface area contributed by atoms with E-state index in [2.05, 4.69) is 16.7 Å². The molecule has 0 saturated heterocycles. The number of aryl methyl sites for hydroxylation is 2.